The Kier molecular flexibility index (Phi) is 3.79. The maximum Gasteiger partial charge on any atom is 0.254 e. The van der Waals surface area contributed by atoms with Crippen molar-refractivity contribution in [1.29, 1.82) is 0 Å². The van der Waals surface area contributed by atoms with Crippen LogP contribution in [0.5, 0.6) is 0 Å². The zero-order valence-corrected chi connectivity index (χ0v) is 11.8. The monoisotopic (exact) mass is 289 g/mol. The van der Waals surface area contributed by atoms with Crippen LogP contribution in [0.3, 0.4) is 0 Å². The number of morpholine rings is 1. The molecule has 21 heavy (non-hydrogen) atoms. The predicted octanol–water partition coefficient (Wildman–Crippen LogP) is 0.763. The van der Waals surface area contributed by atoms with Crippen molar-refractivity contribution in [3.8, 4) is 0 Å². The first-order valence-corrected chi connectivity index (χ1v) is 7.19. The highest BCUT2D eigenvalue weighted by atomic mass is 16.5. The molecule has 2 aliphatic rings. The van der Waals surface area contributed by atoms with E-state index in [2.05, 4.69) is 11.2 Å². The average molecular weight is 289 g/mol. The van der Waals surface area contributed by atoms with Crippen LogP contribution in [0.15, 0.2) is 23.4 Å². The Morgan fingerprint density at radius 1 is 1.38 bits per heavy atom. The van der Waals surface area contributed by atoms with Gasteiger partial charge in [0.1, 0.15) is 6.10 Å². The fourth-order valence-corrected chi connectivity index (χ4v) is 2.96. The summed E-state index contributed by atoms with van der Waals surface area (Å²) < 4.78 is 5.41. The second-order valence-electron chi connectivity index (χ2n) is 5.47. The van der Waals surface area contributed by atoms with E-state index < -0.39 is 6.10 Å². The van der Waals surface area contributed by atoms with Crippen LogP contribution in [-0.2, 0) is 17.6 Å². The van der Waals surface area contributed by atoms with Gasteiger partial charge < -0.3 is 20.6 Å². The van der Waals surface area contributed by atoms with E-state index in [9.17, 15) is 4.79 Å². The van der Waals surface area contributed by atoms with Crippen LogP contribution in [0.4, 0.5) is 0 Å². The highest BCUT2D eigenvalue weighted by Crippen LogP contribution is 2.23. The lowest BCUT2D eigenvalue weighted by atomic mass is 10.1. The van der Waals surface area contributed by atoms with Crippen LogP contribution in [0.2, 0.25) is 0 Å². The normalized spacial score (nSPS) is 22.2. The standard InChI is InChI=1S/C15H19N3O3/c16-14(17-20)13-9-18(6-7-21-13)15(19)12-5-4-10-2-1-3-11(10)8-12/h4-5,8,13,20H,1-3,6-7,9H2,(H2,16,17). The summed E-state index contributed by atoms with van der Waals surface area (Å²) in [6.07, 6.45) is 2.78. The molecular formula is C15H19N3O3. The van der Waals surface area contributed by atoms with Gasteiger partial charge in [-0.25, -0.2) is 0 Å². The first kappa shape index (κ1) is 13.9. The number of ether oxygens (including phenoxy) is 1. The molecule has 1 atom stereocenters. The molecule has 1 aromatic carbocycles. The molecule has 1 fully saturated rings. The number of amides is 1. The number of hydrogen-bond acceptors (Lipinski definition) is 4. The van der Waals surface area contributed by atoms with Crippen molar-refractivity contribution in [2.24, 2.45) is 10.9 Å². The maximum atomic E-state index is 12.6. The molecule has 3 N–H and O–H groups in total. The van der Waals surface area contributed by atoms with Gasteiger partial charge in [-0.05, 0) is 42.5 Å². The Bertz CT molecular complexity index is 586. The van der Waals surface area contributed by atoms with Crippen molar-refractivity contribution in [1.82, 2.24) is 4.90 Å². The number of nitrogens with zero attached hydrogens (tertiary/aromatic N) is 2. The third-order valence-corrected chi connectivity index (χ3v) is 4.14. The van der Waals surface area contributed by atoms with Crippen LogP contribution >= 0.6 is 0 Å². The minimum atomic E-state index is -0.540. The van der Waals surface area contributed by atoms with E-state index in [0.29, 0.717) is 25.3 Å². The number of hydrogen-bond donors (Lipinski definition) is 2. The SMILES string of the molecule is NC(=NO)C1CN(C(=O)c2ccc3c(c2)CCC3)CCO1. The molecule has 1 amide bonds. The third-order valence-electron chi connectivity index (χ3n) is 4.14. The summed E-state index contributed by atoms with van der Waals surface area (Å²) >= 11 is 0. The van der Waals surface area contributed by atoms with E-state index in [1.54, 1.807) is 4.90 Å². The van der Waals surface area contributed by atoms with E-state index >= 15 is 0 Å². The molecule has 0 aromatic heterocycles. The van der Waals surface area contributed by atoms with E-state index in [0.717, 1.165) is 19.3 Å². The summed E-state index contributed by atoms with van der Waals surface area (Å²) in [5.74, 6) is -0.0230. The number of benzene rings is 1. The van der Waals surface area contributed by atoms with Gasteiger partial charge >= 0.3 is 0 Å². The van der Waals surface area contributed by atoms with Gasteiger partial charge in [0, 0.05) is 12.1 Å². The molecule has 1 aromatic rings. The lowest BCUT2D eigenvalue weighted by Gasteiger charge is -2.32. The quantitative estimate of drug-likeness (QED) is 0.364. The molecule has 3 rings (SSSR count). The Morgan fingerprint density at radius 3 is 3.00 bits per heavy atom. The number of amidine groups is 1. The van der Waals surface area contributed by atoms with Crippen molar-refractivity contribution in [2.75, 3.05) is 19.7 Å². The summed E-state index contributed by atoms with van der Waals surface area (Å²) in [6, 6.07) is 5.94. The van der Waals surface area contributed by atoms with Crippen LogP contribution in [0.1, 0.15) is 27.9 Å². The molecule has 1 unspecified atom stereocenters. The van der Waals surface area contributed by atoms with Gasteiger partial charge in [0.05, 0.1) is 13.2 Å². The fourth-order valence-electron chi connectivity index (χ4n) is 2.96. The fraction of sp³-hybridized carbons (Fsp3) is 0.467. The largest absolute Gasteiger partial charge is 0.409 e. The highest BCUT2D eigenvalue weighted by molar-refractivity contribution is 5.95. The number of nitrogens with two attached hydrogens (primary N) is 1. The molecule has 0 radical (unpaired) electrons. The highest BCUT2D eigenvalue weighted by Gasteiger charge is 2.28. The molecule has 6 heteroatoms. The van der Waals surface area contributed by atoms with Crippen LogP contribution < -0.4 is 5.73 Å². The summed E-state index contributed by atoms with van der Waals surface area (Å²) in [6.45, 7) is 1.22. The van der Waals surface area contributed by atoms with Gasteiger partial charge in [-0.3, -0.25) is 4.79 Å². The third kappa shape index (κ3) is 2.71. The molecule has 112 valence electrons. The number of oxime groups is 1. The van der Waals surface area contributed by atoms with Gasteiger partial charge in [-0.1, -0.05) is 11.2 Å². The van der Waals surface area contributed by atoms with Gasteiger partial charge in [-0.2, -0.15) is 0 Å². The molecule has 1 heterocycles. The van der Waals surface area contributed by atoms with E-state index in [-0.39, 0.29) is 11.7 Å². The maximum absolute atomic E-state index is 12.6. The van der Waals surface area contributed by atoms with Gasteiger partial charge in [0.2, 0.25) is 0 Å². The van der Waals surface area contributed by atoms with Crippen LogP contribution in [0.25, 0.3) is 0 Å². The average Bonchev–Trinajstić information content (AvgIpc) is 3.01. The first-order valence-electron chi connectivity index (χ1n) is 7.19. The number of rotatable bonds is 2. The molecule has 1 aliphatic heterocycles. The number of carbonyl (C=O) groups is 1. The van der Waals surface area contributed by atoms with Gasteiger partial charge in [0.25, 0.3) is 5.91 Å². The van der Waals surface area contributed by atoms with Crippen molar-refractivity contribution in [3.63, 3.8) is 0 Å². The van der Waals surface area contributed by atoms with Crippen molar-refractivity contribution < 1.29 is 14.7 Å². The Balaban J connectivity index is 1.75. The molecule has 1 aliphatic carbocycles. The van der Waals surface area contributed by atoms with E-state index in [4.69, 9.17) is 15.7 Å². The number of fused-ring (bicyclic) bond motifs is 1. The Hall–Kier alpha value is -2.08. The lowest BCUT2D eigenvalue weighted by Crippen LogP contribution is -2.50. The minimum absolute atomic E-state index is 0.00135. The van der Waals surface area contributed by atoms with Crippen molar-refractivity contribution in [3.05, 3.63) is 34.9 Å². The van der Waals surface area contributed by atoms with Crippen LogP contribution in [-0.4, -0.2) is 47.7 Å². The van der Waals surface area contributed by atoms with Crippen molar-refractivity contribution in [2.45, 2.75) is 25.4 Å². The smallest absolute Gasteiger partial charge is 0.254 e. The Morgan fingerprint density at radius 2 is 2.19 bits per heavy atom. The number of carbonyl (C=O) groups excluding carboxylic acids is 1. The second-order valence-corrected chi connectivity index (χ2v) is 5.47. The molecule has 0 bridgehead atoms. The minimum Gasteiger partial charge on any atom is -0.409 e. The van der Waals surface area contributed by atoms with E-state index in [1.165, 1.54) is 11.1 Å². The molecule has 6 nitrogen and oxygen atoms in total. The topological polar surface area (TPSA) is 88.2 Å². The lowest BCUT2D eigenvalue weighted by molar-refractivity contribution is 0.00675. The number of aryl methyl sites for hydroxylation is 2. The molecular weight excluding hydrogens is 270 g/mol. The van der Waals surface area contributed by atoms with Crippen molar-refractivity contribution >= 4 is 11.7 Å². The first-order chi connectivity index (χ1) is 10.2. The van der Waals surface area contributed by atoms with E-state index in [1.807, 2.05) is 12.1 Å². The summed E-state index contributed by atoms with van der Waals surface area (Å²) in [5.41, 5.74) is 8.89. The zero-order chi connectivity index (χ0) is 14.8. The van der Waals surface area contributed by atoms with Crippen LogP contribution in [0, 0.1) is 0 Å². The molecule has 1 saturated heterocycles. The Labute approximate surface area is 123 Å². The summed E-state index contributed by atoms with van der Waals surface area (Å²) in [5, 5.41) is 11.7. The summed E-state index contributed by atoms with van der Waals surface area (Å²) in [7, 11) is 0. The zero-order valence-electron chi connectivity index (χ0n) is 11.8. The summed E-state index contributed by atoms with van der Waals surface area (Å²) in [4.78, 5) is 14.3. The van der Waals surface area contributed by atoms with Gasteiger partial charge in [-0.15, -0.1) is 0 Å². The second kappa shape index (κ2) is 5.73. The molecule has 0 saturated carbocycles. The molecule has 0 spiro atoms. The van der Waals surface area contributed by atoms with Gasteiger partial charge in [0.15, 0.2) is 5.84 Å². The predicted molar refractivity (Wildman–Crippen MR) is 77.5 cm³/mol.